The van der Waals surface area contributed by atoms with E-state index in [-0.39, 0.29) is 10.8 Å². The number of nitrogens with zero attached hydrogens (tertiary/aromatic N) is 1. The second-order valence-electron chi connectivity index (χ2n) is 8.11. The number of alkyl halides is 1. The van der Waals surface area contributed by atoms with Crippen molar-refractivity contribution in [3.05, 3.63) is 22.2 Å². The fourth-order valence-corrected chi connectivity index (χ4v) is 6.80. The first-order valence-corrected chi connectivity index (χ1v) is 10.3. The first-order chi connectivity index (χ1) is 12.4. The number of ether oxygens (including phenoxy) is 2. The van der Waals surface area contributed by atoms with E-state index in [9.17, 15) is 4.79 Å². The molecule has 2 atom stereocenters. The van der Waals surface area contributed by atoms with Gasteiger partial charge in [-0.05, 0) is 79.3 Å². The molecule has 6 heteroatoms. The summed E-state index contributed by atoms with van der Waals surface area (Å²) in [5.41, 5.74) is -0.0301. The van der Waals surface area contributed by atoms with E-state index >= 15 is 0 Å². The van der Waals surface area contributed by atoms with Crippen LogP contribution in [0.15, 0.2) is 16.6 Å². The minimum Gasteiger partial charge on any atom is -0.490 e. The van der Waals surface area contributed by atoms with Crippen molar-refractivity contribution in [2.75, 3.05) is 6.61 Å². The molecule has 26 heavy (non-hydrogen) atoms. The zero-order chi connectivity index (χ0) is 18.5. The van der Waals surface area contributed by atoms with Crippen molar-refractivity contribution in [1.82, 2.24) is 0 Å². The summed E-state index contributed by atoms with van der Waals surface area (Å²) < 4.78 is 12.0. The molecule has 4 nitrogen and oxygen atoms in total. The molecule has 1 aromatic rings. The van der Waals surface area contributed by atoms with Crippen LogP contribution in [0.25, 0.3) is 0 Å². The van der Waals surface area contributed by atoms with Crippen molar-refractivity contribution in [3.8, 4) is 17.6 Å². The van der Waals surface area contributed by atoms with E-state index in [0.717, 1.165) is 25.7 Å². The topological polar surface area (TPSA) is 59.3 Å². The molecule has 0 spiro atoms. The summed E-state index contributed by atoms with van der Waals surface area (Å²) >= 11 is 10.3. The Hall–Kier alpha value is -1.25. The van der Waals surface area contributed by atoms with Crippen LogP contribution in [-0.4, -0.2) is 17.5 Å². The standard InChI is InChI=1S/C20H21BrClNO3/c1-2-25-16-5-12(10-23)4-15(21)17(16)26-18(24)19-6-13-3-14(7-19)9-20(22,8-13)11-19/h4-5,13-14H,2-3,6-9,11H2,1H3. The number of rotatable bonds is 4. The third kappa shape index (κ3) is 3.01. The van der Waals surface area contributed by atoms with Gasteiger partial charge in [0.1, 0.15) is 0 Å². The van der Waals surface area contributed by atoms with Crippen molar-refractivity contribution in [2.45, 2.75) is 50.3 Å². The first-order valence-electron chi connectivity index (χ1n) is 9.14. The lowest BCUT2D eigenvalue weighted by molar-refractivity contribution is -0.160. The lowest BCUT2D eigenvalue weighted by Gasteiger charge is -2.58. The smallest absolute Gasteiger partial charge is 0.317 e. The maximum atomic E-state index is 13.2. The fraction of sp³-hybridized carbons (Fsp3) is 0.600. The van der Waals surface area contributed by atoms with Gasteiger partial charge in [-0.2, -0.15) is 5.26 Å². The van der Waals surface area contributed by atoms with Gasteiger partial charge in [-0.1, -0.05) is 0 Å². The molecule has 2 unspecified atom stereocenters. The predicted octanol–water partition coefficient (Wildman–Crippen LogP) is 5.20. The van der Waals surface area contributed by atoms with Crippen LogP contribution in [0.4, 0.5) is 0 Å². The summed E-state index contributed by atoms with van der Waals surface area (Å²) in [6.45, 7) is 2.28. The summed E-state index contributed by atoms with van der Waals surface area (Å²) in [5.74, 6) is 1.62. The van der Waals surface area contributed by atoms with E-state index < -0.39 is 5.41 Å². The maximum absolute atomic E-state index is 13.2. The van der Waals surface area contributed by atoms with E-state index in [4.69, 9.17) is 26.3 Å². The van der Waals surface area contributed by atoms with Crippen LogP contribution >= 0.6 is 27.5 Å². The molecule has 0 N–H and O–H groups in total. The number of halogens is 2. The monoisotopic (exact) mass is 437 g/mol. The zero-order valence-electron chi connectivity index (χ0n) is 14.7. The molecule has 4 saturated carbocycles. The van der Waals surface area contributed by atoms with Crippen LogP contribution in [0.3, 0.4) is 0 Å². The molecule has 4 bridgehead atoms. The third-order valence-electron chi connectivity index (χ3n) is 6.06. The number of benzene rings is 1. The van der Waals surface area contributed by atoms with Crippen molar-refractivity contribution in [3.63, 3.8) is 0 Å². The molecule has 0 heterocycles. The van der Waals surface area contributed by atoms with Crippen LogP contribution in [0.1, 0.15) is 51.0 Å². The Morgan fingerprint density at radius 1 is 1.35 bits per heavy atom. The number of esters is 1. The fourth-order valence-electron chi connectivity index (χ4n) is 5.59. The van der Waals surface area contributed by atoms with Gasteiger partial charge in [-0.15, -0.1) is 11.6 Å². The summed E-state index contributed by atoms with van der Waals surface area (Å²) in [4.78, 5) is 13.0. The van der Waals surface area contributed by atoms with E-state index in [0.29, 0.717) is 46.4 Å². The average molecular weight is 439 g/mol. The van der Waals surface area contributed by atoms with Crippen LogP contribution in [0.5, 0.6) is 11.5 Å². The van der Waals surface area contributed by atoms with E-state index in [1.165, 1.54) is 6.42 Å². The summed E-state index contributed by atoms with van der Waals surface area (Å²) in [7, 11) is 0. The van der Waals surface area contributed by atoms with Gasteiger partial charge in [0, 0.05) is 10.9 Å². The molecule has 4 aliphatic carbocycles. The summed E-state index contributed by atoms with van der Waals surface area (Å²) in [6, 6.07) is 5.35. The molecule has 0 saturated heterocycles. The lowest BCUT2D eigenvalue weighted by Crippen LogP contribution is -2.56. The molecule has 5 rings (SSSR count). The molecule has 0 radical (unpaired) electrons. The van der Waals surface area contributed by atoms with Crippen LogP contribution in [0.2, 0.25) is 0 Å². The van der Waals surface area contributed by atoms with Gasteiger partial charge in [0.2, 0.25) is 0 Å². The molecular formula is C20H21BrClNO3. The Balaban J connectivity index is 1.64. The number of hydrogen-bond acceptors (Lipinski definition) is 4. The number of hydrogen-bond donors (Lipinski definition) is 0. The SMILES string of the molecule is CCOc1cc(C#N)cc(Br)c1OC(=O)C12CC3CC(CC(Cl)(C3)C1)C2. The number of carbonyl (C=O) groups is 1. The second-order valence-corrected chi connectivity index (χ2v) is 9.77. The minimum absolute atomic E-state index is 0.206. The quantitative estimate of drug-likeness (QED) is 0.368. The highest BCUT2D eigenvalue weighted by atomic mass is 79.9. The molecule has 0 aromatic heterocycles. The van der Waals surface area contributed by atoms with Gasteiger partial charge < -0.3 is 9.47 Å². The molecule has 4 aliphatic rings. The highest BCUT2D eigenvalue weighted by Crippen LogP contribution is 2.64. The number of nitriles is 1. The van der Waals surface area contributed by atoms with Gasteiger partial charge in [0.15, 0.2) is 11.5 Å². The van der Waals surface area contributed by atoms with E-state index in [1.54, 1.807) is 12.1 Å². The minimum atomic E-state index is -0.483. The molecule has 4 fully saturated rings. The Bertz CT molecular complexity index is 789. The van der Waals surface area contributed by atoms with Crippen molar-refractivity contribution < 1.29 is 14.3 Å². The van der Waals surface area contributed by atoms with Crippen molar-refractivity contribution >= 4 is 33.5 Å². The molecule has 0 amide bonds. The van der Waals surface area contributed by atoms with Crippen molar-refractivity contribution in [2.24, 2.45) is 17.3 Å². The van der Waals surface area contributed by atoms with E-state index in [1.807, 2.05) is 6.92 Å². The maximum Gasteiger partial charge on any atom is 0.317 e. The van der Waals surface area contributed by atoms with Crippen LogP contribution in [0, 0.1) is 28.6 Å². The van der Waals surface area contributed by atoms with Gasteiger partial charge in [-0.25, -0.2) is 0 Å². The van der Waals surface area contributed by atoms with Crippen molar-refractivity contribution in [1.29, 1.82) is 5.26 Å². The highest BCUT2D eigenvalue weighted by Gasteiger charge is 2.61. The highest BCUT2D eigenvalue weighted by molar-refractivity contribution is 9.10. The normalized spacial score (nSPS) is 34.4. The Kier molecular flexibility index (Phi) is 4.48. The van der Waals surface area contributed by atoms with Gasteiger partial charge in [0.25, 0.3) is 0 Å². The van der Waals surface area contributed by atoms with Gasteiger partial charge >= 0.3 is 5.97 Å². The molecule has 0 aliphatic heterocycles. The van der Waals surface area contributed by atoms with Gasteiger partial charge in [-0.3, -0.25) is 4.79 Å². The Labute approximate surface area is 166 Å². The molecular weight excluding hydrogens is 418 g/mol. The average Bonchev–Trinajstić information content (AvgIpc) is 2.55. The van der Waals surface area contributed by atoms with Crippen LogP contribution < -0.4 is 9.47 Å². The molecule has 1 aromatic carbocycles. The van der Waals surface area contributed by atoms with E-state index in [2.05, 4.69) is 22.0 Å². The summed E-state index contributed by atoms with van der Waals surface area (Å²) in [5, 5.41) is 9.16. The second kappa shape index (κ2) is 6.42. The number of carbonyl (C=O) groups excluding carboxylic acids is 1. The predicted molar refractivity (Wildman–Crippen MR) is 101 cm³/mol. The van der Waals surface area contributed by atoms with Gasteiger partial charge in [0.05, 0.1) is 28.1 Å². The molecule has 138 valence electrons. The Morgan fingerprint density at radius 3 is 2.62 bits per heavy atom. The lowest BCUT2D eigenvalue weighted by atomic mass is 9.49. The first kappa shape index (κ1) is 18.1. The largest absolute Gasteiger partial charge is 0.490 e. The summed E-state index contributed by atoms with van der Waals surface area (Å²) in [6.07, 6.45) is 5.67. The third-order valence-corrected chi connectivity index (χ3v) is 7.09. The Morgan fingerprint density at radius 2 is 2.04 bits per heavy atom. The van der Waals surface area contributed by atoms with Crippen LogP contribution in [-0.2, 0) is 4.79 Å². The zero-order valence-corrected chi connectivity index (χ0v) is 17.0.